The van der Waals surface area contributed by atoms with Gasteiger partial charge in [-0.05, 0) is 49.6 Å². The summed E-state index contributed by atoms with van der Waals surface area (Å²) in [6, 6.07) is 12.9. The molecule has 116 valence electrons. The van der Waals surface area contributed by atoms with Crippen LogP contribution in [0.15, 0.2) is 42.5 Å². The molecule has 22 heavy (non-hydrogen) atoms. The number of carbonyl (C=O) groups excluding carboxylic acids is 1. The van der Waals surface area contributed by atoms with Crippen LogP contribution in [0.3, 0.4) is 0 Å². The maximum Gasteiger partial charge on any atom is 0.343 e. The molecule has 0 heterocycles. The third-order valence-electron chi connectivity index (χ3n) is 3.44. The Balaban J connectivity index is 2.11. The zero-order valence-corrected chi connectivity index (χ0v) is 13.4. The second kappa shape index (κ2) is 7.64. The van der Waals surface area contributed by atoms with Crippen molar-refractivity contribution in [3.05, 3.63) is 59.2 Å². The van der Waals surface area contributed by atoms with Crippen LogP contribution in [0.4, 0.5) is 0 Å². The fraction of sp³-hybridized carbons (Fsp3) is 0.316. The number of esters is 1. The molecular weight excluding hydrogens is 276 g/mol. The van der Waals surface area contributed by atoms with Crippen LogP contribution in [0.2, 0.25) is 0 Å². The normalized spacial score (nSPS) is 10.3. The van der Waals surface area contributed by atoms with E-state index in [4.69, 9.17) is 9.47 Å². The van der Waals surface area contributed by atoms with E-state index in [0.717, 1.165) is 24.0 Å². The molecule has 2 rings (SSSR count). The highest BCUT2D eigenvalue weighted by Crippen LogP contribution is 2.24. The molecule has 0 fully saturated rings. The van der Waals surface area contributed by atoms with E-state index in [1.165, 1.54) is 0 Å². The number of ether oxygens (including phenoxy) is 2. The number of hydrogen-bond acceptors (Lipinski definition) is 3. The molecule has 0 saturated heterocycles. The molecule has 0 aliphatic rings. The van der Waals surface area contributed by atoms with E-state index in [1.807, 2.05) is 44.2 Å². The molecule has 0 amide bonds. The average Bonchev–Trinajstić information content (AvgIpc) is 2.51. The number of benzene rings is 2. The van der Waals surface area contributed by atoms with Gasteiger partial charge in [-0.15, -0.1) is 0 Å². The van der Waals surface area contributed by atoms with Crippen molar-refractivity contribution in [2.45, 2.75) is 33.6 Å². The maximum absolute atomic E-state index is 12.3. The summed E-state index contributed by atoms with van der Waals surface area (Å²) in [5.41, 5.74) is 2.39. The SMILES string of the molecule is CCCCOc1cccc(C(=O)Oc2c(C)cccc2C)c1. The summed E-state index contributed by atoms with van der Waals surface area (Å²) in [6.07, 6.45) is 2.07. The number of hydrogen-bond donors (Lipinski definition) is 0. The van der Waals surface area contributed by atoms with Crippen molar-refractivity contribution in [2.75, 3.05) is 6.61 Å². The number of aryl methyl sites for hydroxylation is 2. The summed E-state index contributed by atoms with van der Waals surface area (Å²) < 4.78 is 11.2. The predicted octanol–water partition coefficient (Wildman–Crippen LogP) is 4.70. The molecule has 0 spiro atoms. The lowest BCUT2D eigenvalue weighted by Gasteiger charge is -2.11. The minimum Gasteiger partial charge on any atom is -0.494 e. The standard InChI is InChI=1S/C19H22O3/c1-4-5-12-21-17-11-7-10-16(13-17)19(20)22-18-14(2)8-6-9-15(18)3/h6-11,13H,4-5,12H2,1-3H3. The van der Waals surface area contributed by atoms with Crippen molar-refractivity contribution in [3.63, 3.8) is 0 Å². The van der Waals surface area contributed by atoms with Crippen LogP contribution in [-0.2, 0) is 0 Å². The van der Waals surface area contributed by atoms with Gasteiger partial charge in [0.1, 0.15) is 11.5 Å². The highest BCUT2D eigenvalue weighted by atomic mass is 16.5. The first kappa shape index (κ1) is 16.1. The minimum atomic E-state index is -0.363. The highest BCUT2D eigenvalue weighted by Gasteiger charge is 2.12. The summed E-state index contributed by atoms with van der Waals surface area (Å²) in [5, 5.41) is 0. The lowest BCUT2D eigenvalue weighted by atomic mass is 10.1. The van der Waals surface area contributed by atoms with Gasteiger partial charge in [0.2, 0.25) is 0 Å². The lowest BCUT2D eigenvalue weighted by Crippen LogP contribution is -2.10. The molecule has 0 unspecified atom stereocenters. The summed E-state index contributed by atoms with van der Waals surface area (Å²) in [6.45, 7) is 6.63. The van der Waals surface area contributed by atoms with E-state index < -0.39 is 0 Å². The van der Waals surface area contributed by atoms with Gasteiger partial charge in [0.25, 0.3) is 0 Å². The van der Waals surface area contributed by atoms with Crippen molar-refractivity contribution in [3.8, 4) is 11.5 Å². The Morgan fingerprint density at radius 1 is 1.05 bits per heavy atom. The molecule has 0 aliphatic carbocycles. The van der Waals surface area contributed by atoms with Crippen LogP contribution in [0, 0.1) is 13.8 Å². The first-order chi connectivity index (χ1) is 10.6. The summed E-state index contributed by atoms with van der Waals surface area (Å²) in [5.74, 6) is 0.965. The van der Waals surface area contributed by atoms with Crippen molar-refractivity contribution >= 4 is 5.97 Å². The molecule has 3 nitrogen and oxygen atoms in total. The Labute approximate surface area is 131 Å². The Kier molecular flexibility index (Phi) is 5.59. The molecule has 0 aromatic heterocycles. The van der Waals surface area contributed by atoms with E-state index in [0.29, 0.717) is 23.7 Å². The van der Waals surface area contributed by atoms with Crippen LogP contribution in [0.25, 0.3) is 0 Å². The lowest BCUT2D eigenvalue weighted by molar-refractivity contribution is 0.0731. The summed E-state index contributed by atoms with van der Waals surface area (Å²) >= 11 is 0. The smallest absolute Gasteiger partial charge is 0.343 e. The molecule has 0 aliphatic heterocycles. The first-order valence-electron chi connectivity index (χ1n) is 7.63. The summed E-state index contributed by atoms with van der Waals surface area (Å²) in [4.78, 5) is 12.3. The largest absolute Gasteiger partial charge is 0.494 e. The van der Waals surface area contributed by atoms with Crippen LogP contribution in [-0.4, -0.2) is 12.6 Å². The Bertz CT molecular complexity index is 627. The van der Waals surface area contributed by atoms with Crippen molar-refractivity contribution in [1.82, 2.24) is 0 Å². The van der Waals surface area contributed by atoms with Crippen LogP contribution < -0.4 is 9.47 Å². The van der Waals surface area contributed by atoms with E-state index in [2.05, 4.69) is 6.92 Å². The maximum atomic E-state index is 12.3. The van der Waals surface area contributed by atoms with Crippen LogP contribution in [0.1, 0.15) is 41.3 Å². The third-order valence-corrected chi connectivity index (χ3v) is 3.44. The molecule has 2 aromatic rings. The zero-order valence-electron chi connectivity index (χ0n) is 13.4. The highest BCUT2D eigenvalue weighted by molar-refractivity contribution is 5.91. The predicted molar refractivity (Wildman–Crippen MR) is 87.7 cm³/mol. The number of carbonyl (C=O) groups is 1. The Hall–Kier alpha value is -2.29. The third kappa shape index (κ3) is 4.10. The van der Waals surface area contributed by atoms with Gasteiger partial charge < -0.3 is 9.47 Å². The van der Waals surface area contributed by atoms with Gasteiger partial charge >= 0.3 is 5.97 Å². The fourth-order valence-corrected chi connectivity index (χ4v) is 2.16. The van der Waals surface area contributed by atoms with Gasteiger partial charge in [-0.3, -0.25) is 0 Å². The van der Waals surface area contributed by atoms with Gasteiger partial charge in [0.05, 0.1) is 12.2 Å². The average molecular weight is 298 g/mol. The van der Waals surface area contributed by atoms with Crippen molar-refractivity contribution in [2.24, 2.45) is 0 Å². The van der Waals surface area contributed by atoms with E-state index >= 15 is 0 Å². The quantitative estimate of drug-likeness (QED) is 0.440. The minimum absolute atomic E-state index is 0.363. The van der Waals surface area contributed by atoms with Gasteiger partial charge in [-0.25, -0.2) is 4.79 Å². The second-order valence-corrected chi connectivity index (χ2v) is 5.34. The van der Waals surface area contributed by atoms with Crippen LogP contribution in [0.5, 0.6) is 11.5 Å². The van der Waals surface area contributed by atoms with E-state index in [1.54, 1.807) is 12.1 Å². The van der Waals surface area contributed by atoms with Gasteiger partial charge in [-0.2, -0.15) is 0 Å². The van der Waals surface area contributed by atoms with Crippen LogP contribution >= 0.6 is 0 Å². The molecular formula is C19H22O3. The number of rotatable bonds is 6. The molecule has 0 atom stereocenters. The Morgan fingerprint density at radius 2 is 1.73 bits per heavy atom. The molecule has 3 heteroatoms. The monoisotopic (exact) mass is 298 g/mol. The van der Waals surface area contributed by atoms with Gasteiger partial charge in [0.15, 0.2) is 0 Å². The molecule has 0 bridgehead atoms. The Morgan fingerprint density at radius 3 is 2.41 bits per heavy atom. The molecule has 2 aromatic carbocycles. The van der Waals surface area contributed by atoms with E-state index in [-0.39, 0.29) is 5.97 Å². The summed E-state index contributed by atoms with van der Waals surface area (Å²) in [7, 11) is 0. The molecule has 0 radical (unpaired) electrons. The number of unbranched alkanes of at least 4 members (excludes halogenated alkanes) is 1. The zero-order chi connectivity index (χ0) is 15.9. The van der Waals surface area contributed by atoms with Gasteiger partial charge in [-0.1, -0.05) is 37.6 Å². The topological polar surface area (TPSA) is 35.5 Å². The van der Waals surface area contributed by atoms with Crippen molar-refractivity contribution < 1.29 is 14.3 Å². The number of para-hydroxylation sites is 1. The van der Waals surface area contributed by atoms with Gasteiger partial charge in [0, 0.05) is 0 Å². The van der Waals surface area contributed by atoms with E-state index in [9.17, 15) is 4.79 Å². The first-order valence-corrected chi connectivity index (χ1v) is 7.63. The molecule has 0 saturated carbocycles. The molecule has 0 N–H and O–H groups in total. The fourth-order valence-electron chi connectivity index (χ4n) is 2.16. The second-order valence-electron chi connectivity index (χ2n) is 5.34. The van der Waals surface area contributed by atoms with Crippen molar-refractivity contribution in [1.29, 1.82) is 0 Å².